The van der Waals surface area contributed by atoms with E-state index in [-0.39, 0.29) is 11.9 Å². The van der Waals surface area contributed by atoms with E-state index < -0.39 is 0 Å². The van der Waals surface area contributed by atoms with Crippen molar-refractivity contribution in [1.29, 1.82) is 0 Å². The third-order valence-corrected chi connectivity index (χ3v) is 3.14. The largest absolute Gasteiger partial charge is 0.348 e. The molecule has 3 N–H and O–H groups in total. The molecule has 0 saturated heterocycles. The maximum absolute atomic E-state index is 12.0. The van der Waals surface area contributed by atoms with Crippen LogP contribution in [0, 0.1) is 12.8 Å². The highest BCUT2D eigenvalue weighted by Gasteiger charge is 2.15. The molecule has 1 unspecified atom stereocenters. The summed E-state index contributed by atoms with van der Waals surface area (Å²) >= 11 is 3.39. The van der Waals surface area contributed by atoms with Gasteiger partial charge < -0.3 is 11.1 Å². The average molecular weight is 299 g/mol. The standard InChI is InChI=1S/C13H19BrN2O/c1-8(2)12(7-15)16-13(17)10-4-9(3)5-11(14)6-10/h4-6,8,12H,7,15H2,1-3H3,(H,16,17). The molecule has 0 aliphatic heterocycles. The fourth-order valence-electron chi connectivity index (χ4n) is 1.62. The van der Waals surface area contributed by atoms with Crippen molar-refractivity contribution in [1.82, 2.24) is 5.32 Å². The molecule has 94 valence electrons. The molecule has 0 aliphatic rings. The van der Waals surface area contributed by atoms with Crippen LogP contribution in [0.2, 0.25) is 0 Å². The molecule has 1 amide bonds. The summed E-state index contributed by atoms with van der Waals surface area (Å²) in [5.74, 6) is 0.260. The molecule has 0 aliphatic carbocycles. The van der Waals surface area contributed by atoms with Gasteiger partial charge in [0.05, 0.1) is 0 Å². The maximum Gasteiger partial charge on any atom is 0.251 e. The van der Waals surface area contributed by atoms with Gasteiger partial charge in [0.2, 0.25) is 0 Å². The van der Waals surface area contributed by atoms with E-state index in [0.29, 0.717) is 18.0 Å². The van der Waals surface area contributed by atoms with Gasteiger partial charge in [-0.3, -0.25) is 4.79 Å². The Bertz CT molecular complexity index is 384. The maximum atomic E-state index is 12.0. The second-order valence-corrected chi connectivity index (χ2v) is 5.49. The summed E-state index contributed by atoms with van der Waals surface area (Å²) in [5.41, 5.74) is 7.35. The molecule has 0 spiro atoms. The lowest BCUT2D eigenvalue weighted by atomic mass is 10.0. The minimum Gasteiger partial charge on any atom is -0.348 e. The molecular weight excluding hydrogens is 280 g/mol. The number of carbonyl (C=O) groups excluding carboxylic acids is 1. The van der Waals surface area contributed by atoms with Crippen LogP contribution in [0.3, 0.4) is 0 Å². The molecule has 0 heterocycles. The molecule has 1 rings (SSSR count). The third-order valence-electron chi connectivity index (χ3n) is 2.68. The van der Waals surface area contributed by atoms with E-state index in [9.17, 15) is 4.79 Å². The van der Waals surface area contributed by atoms with Crippen molar-refractivity contribution in [2.24, 2.45) is 11.7 Å². The minimum absolute atomic E-state index is 0.0155. The third kappa shape index (κ3) is 4.13. The zero-order chi connectivity index (χ0) is 13.0. The Morgan fingerprint density at radius 1 is 1.41 bits per heavy atom. The zero-order valence-corrected chi connectivity index (χ0v) is 12.0. The van der Waals surface area contributed by atoms with Gasteiger partial charge >= 0.3 is 0 Å². The van der Waals surface area contributed by atoms with Crippen LogP contribution in [0.5, 0.6) is 0 Å². The SMILES string of the molecule is Cc1cc(Br)cc(C(=O)NC(CN)C(C)C)c1. The van der Waals surface area contributed by atoms with E-state index in [1.165, 1.54) is 0 Å². The first-order valence-corrected chi connectivity index (χ1v) is 6.51. The summed E-state index contributed by atoms with van der Waals surface area (Å²) in [6.45, 7) is 6.51. The molecule has 0 saturated carbocycles. The van der Waals surface area contributed by atoms with Crippen molar-refractivity contribution in [3.8, 4) is 0 Å². The number of hydrogen-bond donors (Lipinski definition) is 2. The average Bonchev–Trinajstić information content (AvgIpc) is 2.23. The van der Waals surface area contributed by atoms with Crippen LogP contribution >= 0.6 is 15.9 Å². The Labute approximate surface area is 111 Å². The molecule has 1 aromatic carbocycles. The van der Waals surface area contributed by atoms with Crippen molar-refractivity contribution in [2.75, 3.05) is 6.54 Å². The van der Waals surface area contributed by atoms with E-state index >= 15 is 0 Å². The first-order valence-electron chi connectivity index (χ1n) is 5.72. The molecule has 3 nitrogen and oxygen atoms in total. The van der Waals surface area contributed by atoms with Gasteiger partial charge in [0.1, 0.15) is 0 Å². The van der Waals surface area contributed by atoms with Crippen molar-refractivity contribution in [3.05, 3.63) is 33.8 Å². The van der Waals surface area contributed by atoms with Crippen LogP contribution in [0.4, 0.5) is 0 Å². The summed E-state index contributed by atoms with van der Waals surface area (Å²) in [4.78, 5) is 12.0. The van der Waals surface area contributed by atoms with Gasteiger partial charge in [-0.1, -0.05) is 29.8 Å². The lowest BCUT2D eigenvalue weighted by molar-refractivity contribution is 0.0927. The van der Waals surface area contributed by atoms with Gasteiger partial charge in [0.25, 0.3) is 5.91 Å². The van der Waals surface area contributed by atoms with E-state index in [4.69, 9.17) is 5.73 Å². The van der Waals surface area contributed by atoms with Crippen LogP contribution in [-0.4, -0.2) is 18.5 Å². The smallest absolute Gasteiger partial charge is 0.251 e. The second kappa shape index (κ2) is 6.17. The molecule has 17 heavy (non-hydrogen) atoms. The summed E-state index contributed by atoms with van der Waals surface area (Å²) in [6, 6.07) is 5.67. The Balaban J connectivity index is 2.82. The molecule has 0 fully saturated rings. The molecule has 1 atom stereocenters. The highest BCUT2D eigenvalue weighted by atomic mass is 79.9. The van der Waals surface area contributed by atoms with Crippen molar-refractivity contribution in [3.63, 3.8) is 0 Å². The minimum atomic E-state index is -0.0708. The van der Waals surface area contributed by atoms with Crippen LogP contribution in [-0.2, 0) is 0 Å². The van der Waals surface area contributed by atoms with Crippen LogP contribution in [0.15, 0.2) is 22.7 Å². The van der Waals surface area contributed by atoms with E-state index in [1.807, 2.05) is 39.0 Å². The van der Waals surface area contributed by atoms with Crippen molar-refractivity contribution in [2.45, 2.75) is 26.8 Å². The molecular formula is C13H19BrN2O. The van der Waals surface area contributed by atoms with Crippen LogP contribution < -0.4 is 11.1 Å². The van der Waals surface area contributed by atoms with Gasteiger partial charge in [-0.25, -0.2) is 0 Å². The van der Waals surface area contributed by atoms with Crippen LogP contribution in [0.1, 0.15) is 29.8 Å². The van der Waals surface area contributed by atoms with Gasteiger partial charge in [-0.2, -0.15) is 0 Å². The van der Waals surface area contributed by atoms with E-state index in [1.54, 1.807) is 0 Å². The number of rotatable bonds is 4. The first-order chi connectivity index (χ1) is 7.93. The quantitative estimate of drug-likeness (QED) is 0.897. The Hall–Kier alpha value is -0.870. The zero-order valence-electron chi connectivity index (χ0n) is 10.5. The van der Waals surface area contributed by atoms with Gasteiger partial charge in [-0.05, 0) is 36.6 Å². The number of nitrogens with one attached hydrogen (secondary N) is 1. The van der Waals surface area contributed by atoms with E-state index in [2.05, 4.69) is 21.2 Å². The molecule has 1 aromatic rings. The lowest BCUT2D eigenvalue weighted by Gasteiger charge is -2.20. The molecule has 0 bridgehead atoms. The van der Waals surface area contributed by atoms with Gasteiger partial charge in [0.15, 0.2) is 0 Å². The molecule has 4 heteroatoms. The second-order valence-electron chi connectivity index (χ2n) is 4.58. The van der Waals surface area contributed by atoms with Gasteiger partial charge in [0, 0.05) is 22.6 Å². The van der Waals surface area contributed by atoms with Crippen molar-refractivity contribution >= 4 is 21.8 Å². The topological polar surface area (TPSA) is 55.1 Å². The number of benzene rings is 1. The summed E-state index contributed by atoms with van der Waals surface area (Å²) in [5, 5.41) is 2.95. The number of aryl methyl sites for hydroxylation is 1. The van der Waals surface area contributed by atoms with Gasteiger partial charge in [-0.15, -0.1) is 0 Å². The number of amides is 1. The highest BCUT2D eigenvalue weighted by Crippen LogP contribution is 2.15. The summed E-state index contributed by atoms with van der Waals surface area (Å²) in [7, 11) is 0. The molecule has 0 radical (unpaired) electrons. The Kier molecular flexibility index (Phi) is 5.15. The number of halogens is 1. The lowest BCUT2D eigenvalue weighted by Crippen LogP contribution is -2.43. The normalized spacial score (nSPS) is 12.6. The summed E-state index contributed by atoms with van der Waals surface area (Å²) < 4.78 is 0.913. The van der Waals surface area contributed by atoms with Crippen molar-refractivity contribution < 1.29 is 4.79 Å². The number of nitrogens with two attached hydrogens (primary N) is 1. The van der Waals surface area contributed by atoms with E-state index in [0.717, 1.165) is 10.0 Å². The first kappa shape index (κ1) is 14.2. The fourth-order valence-corrected chi connectivity index (χ4v) is 2.22. The number of carbonyl (C=O) groups is 1. The highest BCUT2D eigenvalue weighted by molar-refractivity contribution is 9.10. The predicted molar refractivity (Wildman–Crippen MR) is 74.0 cm³/mol. The Morgan fingerprint density at radius 3 is 2.53 bits per heavy atom. The summed E-state index contributed by atoms with van der Waals surface area (Å²) in [6.07, 6.45) is 0. The predicted octanol–water partition coefficient (Wildman–Crippen LogP) is 2.47. The fraction of sp³-hybridized carbons (Fsp3) is 0.462. The Morgan fingerprint density at radius 2 is 2.06 bits per heavy atom. The van der Waals surface area contributed by atoms with Crippen LogP contribution in [0.25, 0.3) is 0 Å². The number of hydrogen-bond acceptors (Lipinski definition) is 2. The molecule has 0 aromatic heterocycles. The monoisotopic (exact) mass is 298 g/mol.